The highest BCUT2D eigenvalue weighted by molar-refractivity contribution is 5.93. The van der Waals surface area contributed by atoms with Crippen LogP contribution >= 0.6 is 0 Å². The first-order valence-electron chi connectivity index (χ1n) is 29.2. The van der Waals surface area contributed by atoms with Gasteiger partial charge in [0.25, 0.3) is 0 Å². The van der Waals surface area contributed by atoms with Gasteiger partial charge in [0.2, 0.25) is 23.7 Å². The number of anilines is 4. The normalized spacial score (nSPS) is 15.1. The quantitative estimate of drug-likeness (QED) is 0.0514. The first-order chi connectivity index (χ1) is 39.6. The minimum Gasteiger partial charge on any atom is -0.354 e. The van der Waals surface area contributed by atoms with Gasteiger partial charge in [-0.2, -0.15) is 0 Å². The molecule has 416 valence electrons. The summed E-state index contributed by atoms with van der Waals surface area (Å²) < 4.78 is 0. The SMILES string of the molecule is CN(C)CCCCNc1ncc2c(n1)-c1ccccc1C(c1ccc(NC(=O)CC3CCCC3)cc1)C2.CN(C)CCCCNc1ncc2c(n1)-c1ccccc1C(c1ccc(NC(=O)Cc3ccccc3-c3ccccc3)cc1)C2. The van der Waals surface area contributed by atoms with Crippen LogP contribution in [-0.4, -0.2) is 95.9 Å². The summed E-state index contributed by atoms with van der Waals surface area (Å²) in [4.78, 5) is 49.1. The molecule has 12 heteroatoms. The first-order valence-corrected chi connectivity index (χ1v) is 29.2. The maximum absolute atomic E-state index is 13.1. The van der Waals surface area contributed by atoms with Gasteiger partial charge in [-0.1, -0.05) is 140 Å². The summed E-state index contributed by atoms with van der Waals surface area (Å²) in [5, 5.41) is 13.0. The van der Waals surface area contributed by atoms with Crippen LogP contribution in [0.4, 0.5) is 23.3 Å². The zero-order valence-electron chi connectivity index (χ0n) is 47.6. The predicted octanol–water partition coefficient (Wildman–Crippen LogP) is 13.5. The van der Waals surface area contributed by atoms with E-state index in [2.05, 4.69) is 160 Å². The molecule has 2 atom stereocenters. The molecule has 3 aliphatic rings. The molecule has 0 radical (unpaired) electrons. The molecule has 0 aliphatic heterocycles. The molecule has 2 aromatic heterocycles. The van der Waals surface area contributed by atoms with E-state index in [1.165, 1.54) is 59.1 Å². The summed E-state index contributed by atoms with van der Waals surface area (Å²) in [5.74, 6) is 2.48. The molecule has 3 aliphatic carbocycles. The van der Waals surface area contributed by atoms with Crippen molar-refractivity contribution in [3.8, 4) is 33.6 Å². The molecular weight excluding hydrogens is 1000 g/mol. The Bertz CT molecular complexity index is 3360. The minimum atomic E-state index is -0.0302. The molecule has 2 heterocycles. The largest absolute Gasteiger partial charge is 0.354 e. The van der Waals surface area contributed by atoms with Gasteiger partial charge in [-0.15, -0.1) is 0 Å². The maximum atomic E-state index is 13.1. The van der Waals surface area contributed by atoms with Gasteiger partial charge in [-0.05, 0) is 173 Å². The van der Waals surface area contributed by atoms with E-state index < -0.39 is 0 Å². The summed E-state index contributed by atoms with van der Waals surface area (Å²) in [6, 6.07) is 52.1. The fourth-order valence-electron chi connectivity index (χ4n) is 11.8. The van der Waals surface area contributed by atoms with Gasteiger partial charge in [0.15, 0.2) is 0 Å². The lowest BCUT2D eigenvalue weighted by Crippen LogP contribution is -2.17. The minimum absolute atomic E-state index is 0.0302. The van der Waals surface area contributed by atoms with Crippen LogP contribution in [-0.2, 0) is 28.9 Å². The van der Waals surface area contributed by atoms with Crippen molar-refractivity contribution in [3.63, 3.8) is 0 Å². The third kappa shape index (κ3) is 14.8. The lowest BCUT2D eigenvalue weighted by molar-refractivity contribution is -0.117. The molecule has 0 saturated heterocycles. The number of hydrogen-bond donors (Lipinski definition) is 4. The van der Waals surface area contributed by atoms with E-state index in [-0.39, 0.29) is 23.7 Å². The Labute approximate surface area is 479 Å². The molecule has 2 amide bonds. The third-order valence-electron chi connectivity index (χ3n) is 16.0. The van der Waals surface area contributed by atoms with E-state index in [9.17, 15) is 9.59 Å². The van der Waals surface area contributed by atoms with Crippen LogP contribution in [0.25, 0.3) is 33.6 Å². The summed E-state index contributed by atoms with van der Waals surface area (Å²) in [6.07, 6.45) is 16.0. The summed E-state index contributed by atoms with van der Waals surface area (Å²) >= 11 is 0. The van der Waals surface area contributed by atoms with Crippen molar-refractivity contribution in [2.45, 2.75) is 88.9 Å². The molecular formula is C69H78N10O2. The molecule has 0 spiro atoms. The zero-order chi connectivity index (χ0) is 55.9. The van der Waals surface area contributed by atoms with Crippen LogP contribution in [0.5, 0.6) is 0 Å². The number of carbonyl (C=O) groups is 2. The number of unbranched alkanes of at least 4 members (excludes halogenated alkanes) is 2. The monoisotopic (exact) mass is 1080 g/mol. The highest BCUT2D eigenvalue weighted by Gasteiger charge is 2.29. The molecule has 0 bridgehead atoms. The van der Waals surface area contributed by atoms with Crippen molar-refractivity contribution < 1.29 is 9.59 Å². The highest BCUT2D eigenvalue weighted by atomic mass is 16.2. The molecule has 12 nitrogen and oxygen atoms in total. The van der Waals surface area contributed by atoms with Gasteiger partial charge in [0.1, 0.15) is 0 Å². The molecule has 81 heavy (non-hydrogen) atoms. The number of hydrogen-bond acceptors (Lipinski definition) is 10. The fourth-order valence-corrected chi connectivity index (χ4v) is 11.8. The number of rotatable bonds is 21. The number of fused-ring (bicyclic) bond motifs is 6. The smallest absolute Gasteiger partial charge is 0.228 e. The lowest BCUT2D eigenvalue weighted by atomic mass is 9.78. The predicted molar refractivity (Wildman–Crippen MR) is 331 cm³/mol. The second kappa shape index (κ2) is 27.4. The molecule has 1 fully saturated rings. The van der Waals surface area contributed by atoms with Crippen LogP contribution in [0.3, 0.4) is 0 Å². The summed E-state index contributed by atoms with van der Waals surface area (Å²) in [5.41, 5.74) is 16.6. The first kappa shape index (κ1) is 56.2. The van der Waals surface area contributed by atoms with Crippen LogP contribution in [0.15, 0.2) is 164 Å². The number of amides is 2. The van der Waals surface area contributed by atoms with Crippen molar-refractivity contribution in [1.29, 1.82) is 0 Å². The van der Waals surface area contributed by atoms with Gasteiger partial charge < -0.3 is 31.1 Å². The topological polar surface area (TPSA) is 140 Å². The standard InChI is InChI=1S/C38H39N5O.C31H39N5O/c1-43(2)23-11-10-22-39-38-40-26-30-24-35(33-16-8-9-17-34(33)37(30)42-38)28-18-20-31(21-19-28)41-36(44)25-29-14-6-7-15-32(29)27-12-4-3-5-13-27;1-36(2)18-8-7-17-32-31-33-21-24-20-28(26-11-5-6-12-27(26)30(24)35-31)23-13-15-25(16-14-23)34-29(37)19-22-9-3-4-10-22/h3-9,12-21,26,35H,10-11,22-25H2,1-2H3,(H,41,44)(H,39,40,42);5-6,11-16,21-22,28H,3-4,7-10,17-20H2,1-2H3,(H,34,37)(H,32,33,35). The molecule has 4 N–H and O–H groups in total. The molecule has 2 unspecified atom stereocenters. The van der Waals surface area contributed by atoms with E-state index in [4.69, 9.17) is 9.97 Å². The Kier molecular flexibility index (Phi) is 19.0. The van der Waals surface area contributed by atoms with Crippen molar-refractivity contribution in [2.75, 3.05) is 75.6 Å². The molecule has 8 aromatic rings. The molecule has 11 rings (SSSR count). The second-order valence-corrected chi connectivity index (χ2v) is 22.6. The zero-order valence-corrected chi connectivity index (χ0v) is 47.6. The fraction of sp³-hybridized carbons (Fsp3) is 0.333. The Morgan fingerprint density at radius 3 is 1.47 bits per heavy atom. The summed E-state index contributed by atoms with van der Waals surface area (Å²) in [7, 11) is 8.42. The number of aromatic nitrogens is 4. The van der Waals surface area contributed by atoms with Crippen LogP contribution < -0.4 is 21.3 Å². The number of nitrogens with one attached hydrogen (secondary N) is 4. The average Bonchev–Trinajstić information content (AvgIpc) is 4.17. The number of carbonyl (C=O) groups excluding carboxylic acids is 2. The highest BCUT2D eigenvalue weighted by Crippen LogP contribution is 2.44. The van der Waals surface area contributed by atoms with E-state index >= 15 is 0 Å². The van der Waals surface area contributed by atoms with E-state index in [0.29, 0.717) is 30.7 Å². The molecule has 1 saturated carbocycles. The summed E-state index contributed by atoms with van der Waals surface area (Å²) in [6.45, 7) is 3.91. The Hall–Kier alpha value is -8.06. The van der Waals surface area contributed by atoms with Crippen molar-refractivity contribution in [2.24, 2.45) is 5.92 Å². The van der Waals surface area contributed by atoms with Crippen molar-refractivity contribution in [1.82, 2.24) is 29.7 Å². The van der Waals surface area contributed by atoms with Crippen LogP contribution in [0, 0.1) is 5.92 Å². The Morgan fingerprint density at radius 2 is 0.963 bits per heavy atom. The third-order valence-corrected chi connectivity index (χ3v) is 16.0. The van der Waals surface area contributed by atoms with E-state index in [0.717, 1.165) is 115 Å². The number of benzene rings is 6. The van der Waals surface area contributed by atoms with Gasteiger partial charge >= 0.3 is 0 Å². The lowest BCUT2D eigenvalue weighted by Gasteiger charge is -2.27. The van der Waals surface area contributed by atoms with Gasteiger partial charge in [-0.25, -0.2) is 19.9 Å². The van der Waals surface area contributed by atoms with Gasteiger partial charge in [0, 0.05) is 66.2 Å². The van der Waals surface area contributed by atoms with Crippen molar-refractivity contribution in [3.05, 3.63) is 203 Å². The van der Waals surface area contributed by atoms with Crippen molar-refractivity contribution >= 4 is 35.1 Å². The molecule has 6 aromatic carbocycles. The van der Waals surface area contributed by atoms with Crippen LogP contribution in [0.1, 0.15) is 109 Å². The van der Waals surface area contributed by atoms with Gasteiger partial charge in [-0.3, -0.25) is 9.59 Å². The van der Waals surface area contributed by atoms with Crippen LogP contribution in [0.2, 0.25) is 0 Å². The van der Waals surface area contributed by atoms with E-state index in [1.54, 1.807) is 0 Å². The number of nitrogens with zero attached hydrogens (tertiary/aromatic N) is 6. The van der Waals surface area contributed by atoms with Gasteiger partial charge in [0.05, 0.1) is 17.8 Å². The Morgan fingerprint density at radius 1 is 0.506 bits per heavy atom. The second-order valence-electron chi connectivity index (χ2n) is 22.6. The average molecular weight is 1080 g/mol. The maximum Gasteiger partial charge on any atom is 0.228 e. The van der Waals surface area contributed by atoms with E-state index in [1.807, 2.05) is 73.1 Å². The Balaban J connectivity index is 0.000000185.